The van der Waals surface area contributed by atoms with Crippen LogP contribution in [0.2, 0.25) is 0 Å². The summed E-state index contributed by atoms with van der Waals surface area (Å²) in [6.07, 6.45) is 2.95. The van der Waals surface area contributed by atoms with E-state index in [4.69, 9.17) is 0 Å². The van der Waals surface area contributed by atoms with Crippen molar-refractivity contribution >= 4 is 5.69 Å². The summed E-state index contributed by atoms with van der Waals surface area (Å²) in [5.74, 6) is -5.65. The van der Waals surface area contributed by atoms with Gasteiger partial charge >= 0.3 is 0 Å². The van der Waals surface area contributed by atoms with Crippen LogP contribution in [0.1, 0.15) is 19.3 Å². The first-order valence-corrected chi connectivity index (χ1v) is 5.03. The van der Waals surface area contributed by atoms with Crippen molar-refractivity contribution in [3.8, 4) is 0 Å². The van der Waals surface area contributed by atoms with Crippen molar-refractivity contribution in [2.24, 2.45) is 5.92 Å². The van der Waals surface area contributed by atoms with Crippen molar-refractivity contribution in [2.75, 3.05) is 11.9 Å². The molecule has 2 rings (SSSR count). The predicted molar refractivity (Wildman–Crippen MR) is 49.9 cm³/mol. The van der Waals surface area contributed by atoms with Gasteiger partial charge in [-0.1, -0.05) is 12.8 Å². The van der Waals surface area contributed by atoms with E-state index in [2.05, 4.69) is 10.3 Å². The highest BCUT2D eigenvalue weighted by Gasteiger charge is 2.23. The lowest BCUT2D eigenvalue weighted by Crippen LogP contribution is -2.10. The van der Waals surface area contributed by atoms with Crippen molar-refractivity contribution in [1.82, 2.24) is 4.98 Å². The fraction of sp³-hybridized carbons (Fsp3) is 0.500. The molecule has 1 aliphatic rings. The molecule has 1 aromatic heterocycles. The molecule has 88 valence electrons. The molecule has 1 N–H and O–H groups in total. The highest BCUT2D eigenvalue weighted by Crippen LogP contribution is 2.32. The van der Waals surface area contributed by atoms with E-state index in [9.17, 15) is 17.6 Å². The molecule has 0 aromatic carbocycles. The zero-order valence-electron chi connectivity index (χ0n) is 8.36. The molecule has 0 unspecified atom stereocenters. The number of nitrogens with one attached hydrogen (secondary N) is 1. The molecular weight excluding hydrogens is 224 g/mol. The molecule has 0 atom stereocenters. The van der Waals surface area contributed by atoms with Gasteiger partial charge in [0.2, 0.25) is 11.6 Å². The minimum Gasteiger partial charge on any atom is -0.380 e. The third-order valence-electron chi connectivity index (χ3n) is 2.55. The van der Waals surface area contributed by atoms with Crippen molar-refractivity contribution in [1.29, 1.82) is 0 Å². The Morgan fingerprint density at radius 1 is 1.06 bits per heavy atom. The van der Waals surface area contributed by atoms with Gasteiger partial charge in [-0.2, -0.15) is 22.5 Å². The van der Waals surface area contributed by atoms with E-state index in [0.29, 0.717) is 12.5 Å². The second-order valence-electron chi connectivity index (χ2n) is 3.86. The molecule has 1 fully saturated rings. The number of hydrogen-bond donors (Lipinski definition) is 1. The lowest BCUT2D eigenvalue weighted by Gasteiger charge is -2.08. The van der Waals surface area contributed by atoms with E-state index >= 15 is 0 Å². The minimum absolute atomic E-state index is 0.293. The van der Waals surface area contributed by atoms with E-state index in [1.54, 1.807) is 0 Å². The molecule has 1 aromatic rings. The standard InChI is InChI=1S/C10H10F4N2/c11-6-8(15-4-3-5-1-2-5)7(12)10(14)16-9(6)13/h5H,1-4H2,(H,15,16). The van der Waals surface area contributed by atoms with Crippen molar-refractivity contribution in [3.63, 3.8) is 0 Å². The molecule has 16 heavy (non-hydrogen) atoms. The van der Waals surface area contributed by atoms with E-state index in [-0.39, 0.29) is 0 Å². The molecule has 1 heterocycles. The average Bonchev–Trinajstić information content (AvgIpc) is 3.04. The maximum Gasteiger partial charge on any atom is 0.253 e. The number of hydrogen-bond acceptors (Lipinski definition) is 2. The third-order valence-corrected chi connectivity index (χ3v) is 2.55. The maximum absolute atomic E-state index is 13.1. The van der Waals surface area contributed by atoms with E-state index in [0.717, 1.165) is 19.3 Å². The zero-order chi connectivity index (χ0) is 11.7. The van der Waals surface area contributed by atoms with Gasteiger partial charge in [0, 0.05) is 6.54 Å². The highest BCUT2D eigenvalue weighted by molar-refractivity contribution is 5.45. The van der Waals surface area contributed by atoms with Crippen LogP contribution in [0.3, 0.4) is 0 Å². The molecule has 6 heteroatoms. The Labute approximate surface area is 89.7 Å². The van der Waals surface area contributed by atoms with Crippen molar-refractivity contribution in [3.05, 3.63) is 23.5 Å². The number of nitrogens with zero attached hydrogens (tertiary/aromatic N) is 1. The van der Waals surface area contributed by atoms with E-state index in [1.807, 2.05) is 0 Å². The first kappa shape index (κ1) is 11.2. The van der Waals surface area contributed by atoms with Crippen molar-refractivity contribution < 1.29 is 17.6 Å². The summed E-state index contributed by atoms with van der Waals surface area (Å²) in [5, 5.41) is 2.36. The molecule has 0 spiro atoms. The maximum atomic E-state index is 13.1. The van der Waals surface area contributed by atoms with E-state index in [1.165, 1.54) is 0 Å². The quantitative estimate of drug-likeness (QED) is 0.640. The Morgan fingerprint density at radius 3 is 2.12 bits per heavy atom. The van der Waals surface area contributed by atoms with Crippen molar-refractivity contribution in [2.45, 2.75) is 19.3 Å². The van der Waals surface area contributed by atoms with Gasteiger partial charge in [0.1, 0.15) is 5.69 Å². The van der Waals surface area contributed by atoms with Gasteiger partial charge in [-0.3, -0.25) is 0 Å². The molecule has 0 saturated heterocycles. The Hall–Kier alpha value is -1.33. The second-order valence-corrected chi connectivity index (χ2v) is 3.86. The Balaban J connectivity index is 2.10. The monoisotopic (exact) mass is 234 g/mol. The van der Waals surface area contributed by atoms with Crippen LogP contribution in [0, 0.1) is 29.4 Å². The first-order chi connectivity index (χ1) is 7.59. The topological polar surface area (TPSA) is 24.9 Å². The normalized spacial score (nSPS) is 15.2. The van der Waals surface area contributed by atoms with Gasteiger partial charge in [-0.15, -0.1) is 0 Å². The fourth-order valence-corrected chi connectivity index (χ4v) is 1.45. The van der Waals surface area contributed by atoms with Gasteiger partial charge in [-0.05, 0) is 12.3 Å². The highest BCUT2D eigenvalue weighted by atomic mass is 19.2. The van der Waals surface area contributed by atoms with Gasteiger partial charge in [0.25, 0.3) is 11.9 Å². The molecular formula is C10H10F4N2. The smallest absolute Gasteiger partial charge is 0.253 e. The molecule has 1 aliphatic carbocycles. The number of rotatable bonds is 4. The zero-order valence-corrected chi connectivity index (χ0v) is 8.36. The molecule has 1 saturated carbocycles. The summed E-state index contributed by atoms with van der Waals surface area (Å²) in [4.78, 5) is 2.47. The number of anilines is 1. The van der Waals surface area contributed by atoms with Crippen LogP contribution in [0.25, 0.3) is 0 Å². The van der Waals surface area contributed by atoms with Gasteiger partial charge in [-0.25, -0.2) is 0 Å². The second kappa shape index (κ2) is 4.27. The summed E-state index contributed by atoms with van der Waals surface area (Å²) >= 11 is 0. The molecule has 0 amide bonds. The van der Waals surface area contributed by atoms with Crippen LogP contribution in [0.4, 0.5) is 23.2 Å². The van der Waals surface area contributed by atoms with Crippen LogP contribution in [-0.2, 0) is 0 Å². The van der Waals surface area contributed by atoms with Crippen LogP contribution in [0.5, 0.6) is 0 Å². The summed E-state index contributed by atoms with van der Waals surface area (Å²) in [6.45, 7) is 0.293. The lowest BCUT2D eigenvalue weighted by molar-refractivity contribution is 0.410. The minimum atomic E-state index is -1.63. The molecule has 0 radical (unpaired) electrons. The first-order valence-electron chi connectivity index (χ1n) is 5.03. The Kier molecular flexibility index (Phi) is 2.98. The summed E-state index contributed by atoms with van der Waals surface area (Å²) in [6, 6.07) is 0. The molecule has 0 aliphatic heterocycles. The van der Waals surface area contributed by atoms with E-state index < -0.39 is 29.2 Å². The summed E-state index contributed by atoms with van der Waals surface area (Å²) < 4.78 is 51.5. The predicted octanol–water partition coefficient (Wildman–Crippen LogP) is 2.85. The Bertz CT molecular complexity index is 378. The summed E-state index contributed by atoms with van der Waals surface area (Å²) in [5.41, 5.74) is -0.773. The van der Waals surface area contributed by atoms with Gasteiger partial charge < -0.3 is 5.32 Å². The number of pyridine rings is 1. The lowest BCUT2D eigenvalue weighted by atomic mass is 10.3. The Morgan fingerprint density at radius 2 is 1.62 bits per heavy atom. The van der Waals surface area contributed by atoms with Gasteiger partial charge in [0.05, 0.1) is 0 Å². The van der Waals surface area contributed by atoms with Crippen LogP contribution in [0.15, 0.2) is 0 Å². The molecule has 2 nitrogen and oxygen atoms in total. The molecule has 0 bridgehead atoms. The van der Waals surface area contributed by atoms with Gasteiger partial charge in [0.15, 0.2) is 0 Å². The SMILES string of the molecule is Fc1nc(F)c(F)c(NCCC2CC2)c1F. The third kappa shape index (κ3) is 2.25. The van der Waals surface area contributed by atoms with Crippen LogP contribution in [-0.4, -0.2) is 11.5 Å². The number of aromatic nitrogens is 1. The fourth-order valence-electron chi connectivity index (χ4n) is 1.45. The number of halogens is 4. The summed E-state index contributed by atoms with van der Waals surface area (Å²) in [7, 11) is 0. The average molecular weight is 234 g/mol. The largest absolute Gasteiger partial charge is 0.380 e. The van der Waals surface area contributed by atoms with Crippen LogP contribution < -0.4 is 5.32 Å². The van der Waals surface area contributed by atoms with Crippen LogP contribution >= 0.6 is 0 Å².